The third kappa shape index (κ3) is 6.82. The highest BCUT2D eigenvalue weighted by Crippen LogP contribution is 2.33. The zero-order chi connectivity index (χ0) is 30.9. The predicted molar refractivity (Wildman–Crippen MR) is 153 cm³/mol. The Morgan fingerprint density at radius 1 is 0.977 bits per heavy atom. The van der Waals surface area contributed by atoms with Gasteiger partial charge in [0.15, 0.2) is 5.69 Å². The molecule has 0 radical (unpaired) electrons. The Morgan fingerprint density at radius 2 is 1.72 bits per heavy atom. The Bertz CT molecular complexity index is 1660. The topological polar surface area (TPSA) is 82.9 Å². The van der Waals surface area contributed by atoms with E-state index in [4.69, 9.17) is 14.2 Å². The maximum atomic E-state index is 13.6. The molecular formula is C32H30F3N3O5. The summed E-state index contributed by atoms with van der Waals surface area (Å²) >= 11 is 0. The number of esters is 1. The minimum absolute atomic E-state index is 0.0979. The van der Waals surface area contributed by atoms with E-state index < -0.39 is 23.4 Å². The Balaban J connectivity index is 1.37. The Morgan fingerprint density at radius 3 is 2.42 bits per heavy atom. The number of halogens is 3. The minimum atomic E-state index is -4.72. The molecular weight excluding hydrogens is 563 g/mol. The van der Waals surface area contributed by atoms with Gasteiger partial charge in [-0.15, -0.1) is 0 Å². The summed E-state index contributed by atoms with van der Waals surface area (Å²) in [5, 5.41) is 3.74. The number of anilines is 1. The van der Waals surface area contributed by atoms with Crippen molar-refractivity contribution in [1.82, 2.24) is 9.78 Å². The fourth-order valence-electron chi connectivity index (χ4n) is 4.47. The summed E-state index contributed by atoms with van der Waals surface area (Å²) in [4.78, 5) is 27.1. The van der Waals surface area contributed by atoms with Crippen molar-refractivity contribution in [2.24, 2.45) is 0 Å². The first-order chi connectivity index (χ1) is 20.3. The van der Waals surface area contributed by atoms with Crippen molar-refractivity contribution < 1.29 is 37.0 Å². The van der Waals surface area contributed by atoms with Crippen molar-refractivity contribution in [3.63, 3.8) is 0 Å². The Hall–Kier alpha value is -4.80. The first kappa shape index (κ1) is 29.7. The van der Waals surface area contributed by atoms with E-state index in [2.05, 4.69) is 5.10 Å². The summed E-state index contributed by atoms with van der Waals surface area (Å²) in [6.45, 7) is 5.78. The zero-order valence-electron chi connectivity index (χ0n) is 24.1. The van der Waals surface area contributed by atoms with Gasteiger partial charge >= 0.3 is 12.1 Å². The summed E-state index contributed by atoms with van der Waals surface area (Å²) in [5.41, 5.74) is 1.29. The average molecular weight is 594 g/mol. The molecule has 1 amide bonds. The van der Waals surface area contributed by atoms with E-state index in [9.17, 15) is 22.8 Å². The van der Waals surface area contributed by atoms with Gasteiger partial charge in [0.25, 0.3) is 5.91 Å². The van der Waals surface area contributed by atoms with Crippen molar-refractivity contribution in [1.29, 1.82) is 0 Å². The first-order valence-corrected chi connectivity index (χ1v) is 13.5. The number of ether oxygens (including phenoxy) is 3. The molecule has 0 saturated carbocycles. The molecule has 0 unspecified atom stereocenters. The van der Waals surface area contributed by atoms with Gasteiger partial charge in [0.1, 0.15) is 18.0 Å². The molecule has 3 aromatic carbocycles. The van der Waals surface area contributed by atoms with E-state index in [1.165, 1.54) is 17.0 Å². The maximum absolute atomic E-state index is 13.6. The number of amides is 1. The molecule has 43 heavy (non-hydrogen) atoms. The van der Waals surface area contributed by atoms with Crippen LogP contribution in [0.4, 0.5) is 18.9 Å². The Kier molecular flexibility index (Phi) is 7.92. The van der Waals surface area contributed by atoms with Crippen LogP contribution in [0.2, 0.25) is 0 Å². The van der Waals surface area contributed by atoms with Crippen LogP contribution in [0.3, 0.4) is 0 Å². The number of carbonyl (C=O) groups is 2. The molecule has 1 aromatic heterocycles. The second-order valence-corrected chi connectivity index (χ2v) is 11.1. The molecule has 0 fully saturated rings. The normalized spacial score (nSPS) is 12.8. The molecule has 0 saturated heterocycles. The lowest BCUT2D eigenvalue weighted by Gasteiger charge is -2.19. The van der Waals surface area contributed by atoms with Gasteiger partial charge in [-0.2, -0.15) is 18.3 Å². The lowest BCUT2D eigenvalue weighted by Crippen LogP contribution is -2.26. The van der Waals surface area contributed by atoms with E-state index in [0.717, 1.165) is 28.5 Å². The van der Waals surface area contributed by atoms with Crippen LogP contribution in [0, 0.1) is 0 Å². The molecule has 224 valence electrons. The molecule has 4 aromatic rings. The number of carbonyl (C=O) groups excluding carboxylic acids is 2. The molecule has 0 bridgehead atoms. The van der Waals surface area contributed by atoms with Crippen LogP contribution >= 0.6 is 0 Å². The van der Waals surface area contributed by atoms with Crippen LogP contribution in [0.15, 0.2) is 72.8 Å². The quantitative estimate of drug-likeness (QED) is 0.224. The van der Waals surface area contributed by atoms with Crippen molar-refractivity contribution in [2.75, 3.05) is 18.6 Å². The van der Waals surface area contributed by atoms with E-state index in [-0.39, 0.29) is 29.6 Å². The van der Waals surface area contributed by atoms with Gasteiger partial charge in [0.05, 0.1) is 17.9 Å². The third-order valence-electron chi connectivity index (χ3n) is 6.65. The van der Waals surface area contributed by atoms with Crippen LogP contribution in [0.25, 0.3) is 5.69 Å². The van der Waals surface area contributed by atoms with Gasteiger partial charge < -0.3 is 19.1 Å². The average Bonchev–Trinajstić information content (AvgIpc) is 3.62. The lowest BCUT2D eigenvalue weighted by molar-refractivity contribution is -0.141. The van der Waals surface area contributed by atoms with E-state index in [1.807, 2.05) is 12.1 Å². The maximum Gasteiger partial charge on any atom is 0.435 e. The summed E-state index contributed by atoms with van der Waals surface area (Å²) in [6.07, 6.45) is -3.91. The minimum Gasteiger partial charge on any atom is -0.493 e. The SMILES string of the molecule is CN(C(=O)c1cccc(-n2nc(C(F)(F)F)cc2OCc2ccc(C(=O)OC(C)(C)C)cc2)c1)c1ccc2c(c1)OCC2. The third-order valence-corrected chi connectivity index (χ3v) is 6.65. The van der Waals surface area contributed by atoms with Crippen LogP contribution in [0.1, 0.15) is 58.3 Å². The van der Waals surface area contributed by atoms with Gasteiger partial charge in [0.2, 0.25) is 5.88 Å². The summed E-state index contributed by atoms with van der Waals surface area (Å²) < 4.78 is 58.7. The van der Waals surface area contributed by atoms with Gasteiger partial charge in [-0.3, -0.25) is 4.79 Å². The second kappa shape index (κ2) is 11.5. The molecule has 1 aliphatic rings. The van der Waals surface area contributed by atoms with E-state index >= 15 is 0 Å². The van der Waals surface area contributed by atoms with Crippen LogP contribution < -0.4 is 14.4 Å². The van der Waals surface area contributed by atoms with Crippen molar-refractivity contribution >= 4 is 17.6 Å². The number of aromatic nitrogens is 2. The molecule has 11 heteroatoms. The van der Waals surface area contributed by atoms with Gasteiger partial charge in [-0.25, -0.2) is 9.48 Å². The van der Waals surface area contributed by atoms with Gasteiger partial charge in [-0.1, -0.05) is 24.3 Å². The molecule has 0 aliphatic carbocycles. The molecule has 5 rings (SSSR count). The highest BCUT2D eigenvalue weighted by atomic mass is 19.4. The van der Waals surface area contributed by atoms with E-state index in [0.29, 0.717) is 23.4 Å². The molecule has 2 heterocycles. The van der Waals surface area contributed by atoms with Crippen molar-refractivity contribution in [3.8, 4) is 17.3 Å². The van der Waals surface area contributed by atoms with Crippen molar-refractivity contribution in [2.45, 2.75) is 45.6 Å². The standard InChI is InChI=1S/C32H30F3N3O5/c1-31(2,3)43-30(40)22-10-8-20(9-11-22)19-42-28-18-27(32(33,34)35)36-38(28)25-7-5-6-23(16-25)29(39)37(4)24-13-12-21-14-15-41-26(21)17-24/h5-13,16-18H,14-15,19H2,1-4H3. The highest BCUT2D eigenvalue weighted by molar-refractivity contribution is 6.06. The number of alkyl halides is 3. The zero-order valence-corrected chi connectivity index (χ0v) is 24.1. The lowest BCUT2D eigenvalue weighted by atomic mass is 10.1. The number of hydrogen-bond donors (Lipinski definition) is 0. The molecule has 0 atom stereocenters. The Labute approximate surface area is 246 Å². The largest absolute Gasteiger partial charge is 0.493 e. The van der Waals surface area contributed by atoms with E-state index in [1.54, 1.807) is 70.3 Å². The van der Waals surface area contributed by atoms with Crippen LogP contribution in [-0.4, -0.2) is 40.9 Å². The summed E-state index contributed by atoms with van der Waals surface area (Å²) in [5.74, 6) is -0.298. The molecule has 1 aliphatic heterocycles. The fraction of sp³-hybridized carbons (Fsp3) is 0.281. The molecule has 8 nitrogen and oxygen atoms in total. The number of hydrogen-bond acceptors (Lipinski definition) is 6. The fourth-order valence-corrected chi connectivity index (χ4v) is 4.47. The summed E-state index contributed by atoms with van der Waals surface area (Å²) in [6, 6.07) is 18.8. The first-order valence-electron chi connectivity index (χ1n) is 13.5. The van der Waals surface area contributed by atoms with Crippen LogP contribution in [0.5, 0.6) is 11.6 Å². The van der Waals surface area contributed by atoms with Gasteiger partial charge in [-0.05, 0) is 68.3 Å². The van der Waals surface area contributed by atoms with Gasteiger partial charge in [0, 0.05) is 36.9 Å². The smallest absolute Gasteiger partial charge is 0.435 e. The number of nitrogens with zero attached hydrogens (tertiary/aromatic N) is 3. The predicted octanol–water partition coefficient (Wildman–Crippen LogP) is 6.64. The van der Waals surface area contributed by atoms with Crippen LogP contribution in [-0.2, 0) is 23.9 Å². The number of rotatable bonds is 7. The van der Waals surface area contributed by atoms with Crippen molar-refractivity contribution in [3.05, 3.63) is 101 Å². The second-order valence-electron chi connectivity index (χ2n) is 11.1. The summed E-state index contributed by atoms with van der Waals surface area (Å²) in [7, 11) is 1.62. The number of benzene rings is 3. The highest BCUT2D eigenvalue weighted by Gasteiger charge is 2.36. The molecule has 0 N–H and O–H groups in total. The monoisotopic (exact) mass is 593 g/mol. The number of fused-ring (bicyclic) bond motifs is 1. The molecule has 0 spiro atoms.